The van der Waals surface area contributed by atoms with Crippen molar-refractivity contribution < 1.29 is 24.2 Å². The lowest BCUT2D eigenvalue weighted by Gasteiger charge is -2.28. The van der Waals surface area contributed by atoms with E-state index in [0.29, 0.717) is 18.8 Å². The van der Waals surface area contributed by atoms with Gasteiger partial charge < -0.3 is 25.8 Å². The van der Waals surface area contributed by atoms with E-state index in [4.69, 9.17) is 4.74 Å². The summed E-state index contributed by atoms with van der Waals surface area (Å²) in [6.45, 7) is 15.1. The molecule has 3 amide bonds. The molecule has 0 heterocycles. The maximum Gasteiger partial charge on any atom is 0.408 e. The molecule has 0 spiro atoms. The first-order valence-electron chi connectivity index (χ1n) is 13.0. The van der Waals surface area contributed by atoms with Crippen LogP contribution in [-0.2, 0) is 20.7 Å². The molecule has 0 fully saturated rings. The SMILES string of the molecule is CC(C)CC[C@@H](O)[C@H](CC(C)C)NC(=O)[C@H](C)NC(=O)[C@H](Cc1ccccc1)NC(=O)OC(C)(C)C. The molecule has 4 atom stereocenters. The number of hydrogen-bond donors (Lipinski definition) is 4. The van der Waals surface area contributed by atoms with Crippen LogP contribution in [0.1, 0.15) is 80.2 Å². The number of benzene rings is 1. The second-order valence-corrected chi connectivity index (χ2v) is 11.4. The normalized spacial score (nSPS) is 15.1. The number of aliphatic hydroxyl groups is 1. The quantitative estimate of drug-likeness (QED) is 0.324. The van der Waals surface area contributed by atoms with E-state index in [0.717, 1.165) is 12.0 Å². The Bertz CT molecular complexity index is 820. The van der Waals surface area contributed by atoms with Crippen LogP contribution in [0.4, 0.5) is 4.79 Å². The second-order valence-electron chi connectivity index (χ2n) is 11.4. The molecule has 8 heteroatoms. The molecule has 0 saturated heterocycles. The highest BCUT2D eigenvalue weighted by Gasteiger charge is 2.29. The lowest BCUT2D eigenvalue weighted by Crippen LogP contribution is -2.56. The largest absolute Gasteiger partial charge is 0.444 e. The smallest absolute Gasteiger partial charge is 0.408 e. The zero-order valence-corrected chi connectivity index (χ0v) is 23.3. The van der Waals surface area contributed by atoms with Gasteiger partial charge in [0, 0.05) is 6.42 Å². The number of ether oxygens (including phenoxy) is 1. The fraction of sp³-hybridized carbons (Fsp3) is 0.679. The number of carbonyl (C=O) groups excluding carboxylic acids is 3. The van der Waals surface area contributed by atoms with Crippen molar-refractivity contribution in [2.45, 2.75) is 111 Å². The van der Waals surface area contributed by atoms with Gasteiger partial charge >= 0.3 is 6.09 Å². The maximum atomic E-state index is 13.1. The second kappa shape index (κ2) is 14.8. The third-order valence-electron chi connectivity index (χ3n) is 5.60. The highest BCUT2D eigenvalue weighted by atomic mass is 16.6. The van der Waals surface area contributed by atoms with Crippen LogP contribution >= 0.6 is 0 Å². The van der Waals surface area contributed by atoms with Crippen LogP contribution in [0.2, 0.25) is 0 Å². The van der Waals surface area contributed by atoms with Crippen LogP contribution in [0.15, 0.2) is 30.3 Å². The van der Waals surface area contributed by atoms with Gasteiger partial charge in [-0.05, 0) is 64.4 Å². The minimum atomic E-state index is -0.930. The van der Waals surface area contributed by atoms with Gasteiger partial charge in [0.15, 0.2) is 0 Å². The molecule has 0 unspecified atom stereocenters. The minimum absolute atomic E-state index is 0.240. The van der Waals surface area contributed by atoms with E-state index >= 15 is 0 Å². The zero-order valence-electron chi connectivity index (χ0n) is 23.3. The Labute approximate surface area is 217 Å². The molecule has 0 aromatic heterocycles. The molecule has 1 rings (SSSR count). The predicted molar refractivity (Wildman–Crippen MR) is 142 cm³/mol. The summed E-state index contributed by atoms with van der Waals surface area (Å²) in [6, 6.07) is 7.11. The third kappa shape index (κ3) is 12.9. The molecule has 4 N–H and O–H groups in total. The van der Waals surface area contributed by atoms with E-state index in [1.54, 1.807) is 27.7 Å². The molecular formula is C28H47N3O5. The summed E-state index contributed by atoms with van der Waals surface area (Å²) in [7, 11) is 0. The van der Waals surface area contributed by atoms with E-state index in [2.05, 4.69) is 29.8 Å². The molecule has 8 nitrogen and oxygen atoms in total. The first kappa shape index (κ1) is 31.4. The number of rotatable bonds is 13. The van der Waals surface area contributed by atoms with Crippen molar-refractivity contribution in [3.63, 3.8) is 0 Å². The van der Waals surface area contributed by atoms with Crippen LogP contribution in [-0.4, -0.2) is 52.8 Å². The van der Waals surface area contributed by atoms with E-state index in [-0.39, 0.29) is 18.2 Å². The van der Waals surface area contributed by atoms with E-state index in [1.165, 1.54) is 0 Å². The van der Waals surface area contributed by atoms with E-state index in [1.807, 2.05) is 44.2 Å². The molecule has 0 saturated carbocycles. The van der Waals surface area contributed by atoms with Crippen molar-refractivity contribution in [2.75, 3.05) is 0 Å². The monoisotopic (exact) mass is 505 g/mol. The molecule has 0 aliphatic carbocycles. The summed E-state index contributed by atoms with van der Waals surface area (Å²) >= 11 is 0. The van der Waals surface area contributed by atoms with Gasteiger partial charge in [0.05, 0.1) is 12.1 Å². The number of carbonyl (C=O) groups is 3. The fourth-order valence-electron chi connectivity index (χ4n) is 3.72. The Balaban J connectivity index is 2.89. The Morgan fingerprint density at radius 3 is 2.00 bits per heavy atom. The summed E-state index contributed by atoms with van der Waals surface area (Å²) in [4.78, 5) is 38.5. The van der Waals surface area contributed by atoms with E-state index < -0.39 is 41.8 Å². The summed E-state index contributed by atoms with van der Waals surface area (Å²) in [6.07, 6.45) is 0.944. The molecule has 36 heavy (non-hydrogen) atoms. The Morgan fingerprint density at radius 2 is 1.47 bits per heavy atom. The van der Waals surface area contributed by atoms with Crippen LogP contribution < -0.4 is 16.0 Å². The van der Waals surface area contributed by atoms with Gasteiger partial charge in [-0.3, -0.25) is 9.59 Å². The molecule has 204 valence electrons. The maximum absolute atomic E-state index is 13.1. The summed E-state index contributed by atoms with van der Waals surface area (Å²) < 4.78 is 5.33. The number of hydrogen-bond acceptors (Lipinski definition) is 5. The first-order valence-corrected chi connectivity index (χ1v) is 13.0. The Hall–Kier alpha value is -2.61. The van der Waals surface area contributed by atoms with Crippen molar-refractivity contribution in [3.8, 4) is 0 Å². The van der Waals surface area contributed by atoms with Gasteiger partial charge in [-0.2, -0.15) is 0 Å². The molecule has 0 aliphatic heterocycles. The average molecular weight is 506 g/mol. The highest BCUT2D eigenvalue weighted by Crippen LogP contribution is 2.15. The first-order chi connectivity index (χ1) is 16.7. The fourth-order valence-corrected chi connectivity index (χ4v) is 3.72. The average Bonchev–Trinajstić information content (AvgIpc) is 2.75. The van der Waals surface area contributed by atoms with Gasteiger partial charge in [-0.25, -0.2) is 4.79 Å². The van der Waals surface area contributed by atoms with Crippen molar-refractivity contribution >= 4 is 17.9 Å². The number of aliphatic hydroxyl groups excluding tert-OH is 1. The van der Waals surface area contributed by atoms with Crippen LogP contribution in [0.25, 0.3) is 0 Å². The van der Waals surface area contributed by atoms with Crippen molar-refractivity contribution in [2.24, 2.45) is 11.8 Å². The molecule has 0 bridgehead atoms. The standard InChI is InChI=1S/C28H47N3O5/c1-18(2)14-15-24(32)22(16-19(3)4)30-25(33)20(5)29-26(34)23(17-21-12-10-9-11-13-21)31-27(35)36-28(6,7)8/h9-13,18-20,22-24,32H,14-17H2,1-8H3,(H,29,34)(H,30,33)(H,31,35)/t20-,22-,23-,24+/m0/s1. The molecular weight excluding hydrogens is 458 g/mol. The van der Waals surface area contributed by atoms with Crippen LogP contribution in [0, 0.1) is 11.8 Å². The highest BCUT2D eigenvalue weighted by molar-refractivity contribution is 5.91. The van der Waals surface area contributed by atoms with Gasteiger partial charge in [-0.1, -0.05) is 58.0 Å². The molecule has 1 aromatic rings. The minimum Gasteiger partial charge on any atom is -0.444 e. The van der Waals surface area contributed by atoms with Gasteiger partial charge in [0.25, 0.3) is 0 Å². The summed E-state index contributed by atoms with van der Waals surface area (Å²) in [5.41, 5.74) is 0.142. The van der Waals surface area contributed by atoms with Crippen molar-refractivity contribution in [1.29, 1.82) is 0 Å². The lowest BCUT2D eigenvalue weighted by atomic mass is 9.94. The van der Waals surface area contributed by atoms with Crippen molar-refractivity contribution in [1.82, 2.24) is 16.0 Å². The topological polar surface area (TPSA) is 117 Å². The number of alkyl carbamates (subject to hydrolysis) is 1. The molecule has 0 aliphatic rings. The third-order valence-corrected chi connectivity index (χ3v) is 5.60. The van der Waals surface area contributed by atoms with Crippen LogP contribution in [0.3, 0.4) is 0 Å². The number of nitrogens with one attached hydrogen (secondary N) is 3. The predicted octanol–water partition coefficient (Wildman–Crippen LogP) is 3.96. The summed E-state index contributed by atoms with van der Waals surface area (Å²) in [5.74, 6) is -0.143. The van der Waals surface area contributed by atoms with Crippen molar-refractivity contribution in [3.05, 3.63) is 35.9 Å². The van der Waals surface area contributed by atoms with Gasteiger partial charge in [-0.15, -0.1) is 0 Å². The summed E-state index contributed by atoms with van der Waals surface area (Å²) in [5, 5.41) is 19.0. The Morgan fingerprint density at radius 1 is 0.861 bits per heavy atom. The van der Waals surface area contributed by atoms with Gasteiger partial charge in [0.1, 0.15) is 17.7 Å². The molecule has 0 radical (unpaired) electrons. The lowest BCUT2D eigenvalue weighted by molar-refractivity contribution is -0.130. The number of amides is 3. The van der Waals surface area contributed by atoms with Crippen LogP contribution in [0.5, 0.6) is 0 Å². The van der Waals surface area contributed by atoms with Gasteiger partial charge in [0.2, 0.25) is 11.8 Å². The Kier molecular flexibility index (Phi) is 12.9. The zero-order chi connectivity index (χ0) is 27.5. The van der Waals surface area contributed by atoms with E-state index in [9.17, 15) is 19.5 Å². The molecule has 1 aromatic carbocycles.